The third-order valence-electron chi connectivity index (χ3n) is 4.31. The van der Waals surface area contributed by atoms with Gasteiger partial charge in [0.1, 0.15) is 17.6 Å². The Hall–Kier alpha value is -3.23. The molecule has 1 aliphatic carbocycles. The van der Waals surface area contributed by atoms with Gasteiger partial charge in [-0.05, 0) is 18.6 Å². The molecule has 26 heavy (non-hydrogen) atoms. The number of aromatic amines is 1. The zero-order chi connectivity index (χ0) is 18.3. The van der Waals surface area contributed by atoms with Crippen molar-refractivity contribution in [2.45, 2.75) is 12.6 Å². The fourth-order valence-electron chi connectivity index (χ4n) is 2.83. The summed E-state index contributed by atoms with van der Waals surface area (Å²) in [5, 5.41) is 11.3. The molecule has 2 unspecified atom stereocenters. The minimum Gasteiger partial charge on any atom is -0.494 e. The molecule has 1 aliphatic rings. The summed E-state index contributed by atoms with van der Waals surface area (Å²) < 4.78 is 23.7. The highest BCUT2D eigenvalue weighted by Crippen LogP contribution is 2.40. The number of ether oxygens (including phenoxy) is 2. The van der Waals surface area contributed by atoms with Gasteiger partial charge in [0.05, 0.1) is 31.9 Å². The third kappa shape index (κ3) is 2.71. The molecule has 2 N–H and O–H groups in total. The lowest BCUT2D eigenvalue weighted by atomic mass is 10.1. The molecule has 1 amide bonds. The number of carbonyl (C=O) groups excluding carboxylic acids is 1. The highest BCUT2D eigenvalue weighted by Gasteiger charge is 2.43. The average molecular weight is 357 g/mol. The van der Waals surface area contributed by atoms with Gasteiger partial charge in [0, 0.05) is 17.1 Å². The molecule has 0 aromatic carbocycles. The summed E-state index contributed by atoms with van der Waals surface area (Å²) in [4.78, 5) is 19.3. The lowest BCUT2D eigenvalue weighted by Crippen LogP contribution is -2.15. The molecule has 1 fully saturated rings. The van der Waals surface area contributed by atoms with Crippen LogP contribution in [-0.4, -0.2) is 46.5 Å². The van der Waals surface area contributed by atoms with Crippen molar-refractivity contribution >= 4 is 22.8 Å². The number of aromatic nitrogens is 4. The van der Waals surface area contributed by atoms with E-state index in [-0.39, 0.29) is 12.3 Å². The molecule has 0 bridgehead atoms. The number of anilines is 1. The summed E-state index contributed by atoms with van der Waals surface area (Å²) in [6.07, 6.45) is 2.48. The summed E-state index contributed by atoms with van der Waals surface area (Å²) in [6, 6.07) is 3.48. The predicted molar refractivity (Wildman–Crippen MR) is 91.9 cm³/mol. The Bertz CT molecular complexity index is 967. The van der Waals surface area contributed by atoms with E-state index in [1.165, 1.54) is 20.4 Å². The Morgan fingerprint density at radius 2 is 2.15 bits per heavy atom. The standard InChI is InChI=1S/C17H16FN5O3/c1-25-12-7-20-23-17(26-2)14(12)10-6-19-15-8(10)3-4-13(21-15)22-16(24)9-5-11(9)18/h3-4,6-7,9,11H,5H2,1-2H3,(H2,19,21,22,24). The van der Waals surface area contributed by atoms with Gasteiger partial charge >= 0.3 is 0 Å². The second-order valence-corrected chi connectivity index (χ2v) is 5.94. The molecule has 0 radical (unpaired) electrons. The minimum atomic E-state index is -1.05. The molecule has 4 rings (SSSR count). The molecule has 0 saturated heterocycles. The van der Waals surface area contributed by atoms with Crippen molar-refractivity contribution in [3.05, 3.63) is 24.5 Å². The quantitative estimate of drug-likeness (QED) is 0.727. The Kier molecular flexibility index (Phi) is 3.90. The van der Waals surface area contributed by atoms with Crippen molar-refractivity contribution in [1.29, 1.82) is 0 Å². The van der Waals surface area contributed by atoms with Gasteiger partial charge in [0.15, 0.2) is 5.75 Å². The van der Waals surface area contributed by atoms with Crippen LogP contribution in [0.4, 0.5) is 10.2 Å². The Morgan fingerprint density at radius 1 is 1.35 bits per heavy atom. The number of amides is 1. The van der Waals surface area contributed by atoms with E-state index in [0.717, 1.165) is 10.9 Å². The molecule has 1 saturated carbocycles. The fraction of sp³-hybridized carbons (Fsp3) is 0.294. The number of hydrogen-bond donors (Lipinski definition) is 2. The van der Waals surface area contributed by atoms with E-state index in [1.54, 1.807) is 12.3 Å². The SMILES string of the molecule is COc1cnnc(OC)c1-c1c[nH]c2nc(NC(=O)C3CC3F)ccc12. The van der Waals surface area contributed by atoms with E-state index in [0.29, 0.717) is 28.7 Å². The first-order valence-corrected chi connectivity index (χ1v) is 7.99. The molecular formula is C17H16FN5O3. The molecular weight excluding hydrogens is 341 g/mol. The number of fused-ring (bicyclic) bond motifs is 1. The maximum Gasteiger partial charge on any atom is 0.244 e. The molecule has 3 heterocycles. The van der Waals surface area contributed by atoms with Crippen molar-refractivity contribution < 1.29 is 18.7 Å². The molecule has 8 nitrogen and oxygen atoms in total. The lowest BCUT2D eigenvalue weighted by molar-refractivity contribution is -0.117. The number of carbonyl (C=O) groups is 1. The van der Waals surface area contributed by atoms with Crippen LogP contribution < -0.4 is 14.8 Å². The highest BCUT2D eigenvalue weighted by molar-refractivity contribution is 5.99. The molecule has 3 aromatic heterocycles. The van der Waals surface area contributed by atoms with Crippen LogP contribution in [-0.2, 0) is 4.79 Å². The van der Waals surface area contributed by atoms with Crippen molar-refractivity contribution in [1.82, 2.24) is 20.2 Å². The van der Waals surface area contributed by atoms with Gasteiger partial charge in [-0.2, -0.15) is 5.10 Å². The van der Waals surface area contributed by atoms with Crippen LogP contribution in [0.2, 0.25) is 0 Å². The molecule has 3 aromatic rings. The normalized spacial score (nSPS) is 18.6. The minimum absolute atomic E-state index is 0.273. The van der Waals surface area contributed by atoms with Crippen LogP contribution in [0.1, 0.15) is 6.42 Å². The molecule has 9 heteroatoms. The van der Waals surface area contributed by atoms with E-state index in [9.17, 15) is 9.18 Å². The number of halogens is 1. The predicted octanol–water partition coefficient (Wildman–Crippen LogP) is 2.33. The maximum absolute atomic E-state index is 13.0. The summed E-state index contributed by atoms with van der Waals surface area (Å²) in [5.41, 5.74) is 1.99. The zero-order valence-corrected chi connectivity index (χ0v) is 14.1. The van der Waals surface area contributed by atoms with Gasteiger partial charge in [-0.15, -0.1) is 5.10 Å². The third-order valence-corrected chi connectivity index (χ3v) is 4.31. The van der Waals surface area contributed by atoms with Gasteiger partial charge in [0.2, 0.25) is 11.8 Å². The van der Waals surface area contributed by atoms with E-state index in [1.807, 2.05) is 6.07 Å². The second kappa shape index (κ2) is 6.25. The van der Waals surface area contributed by atoms with Crippen LogP contribution in [0, 0.1) is 5.92 Å². The number of nitrogens with zero attached hydrogens (tertiary/aromatic N) is 3. The number of nitrogens with one attached hydrogen (secondary N) is 2. The Labute approximate surface area is 147 Å². The average Bonchev–Trinajstić information content (AvgIpc) is 3.25. The molecule has 2 atom stereocenters. The lowest BCUT2D eigenvalue weighted by Gasteiger charge is -2.10. The van der Waals surface area contributed by atoms with Crippen molar-refractivity contribution in [3.8, 4) is 22.8 Å². The number of pyridine rings is 1. The number of hydrogen-bond acceptors (Lipinski definition) is 6. The highest BCUT2D eigenvalue weighted by atomic mass is 19.1. The number of H-pyrrole nitrogens is 1. The van der Waals surface area contributed by atoms with Gasteiger partial charge in [0.25, 0.3) is 0 Å². The summed E-state index contributed by atoms with van der Waals surface area (Å²) in [5.74, 6) is 0.283. The van der Waals surface area contributed by atoms with Crippen LogP contribution in [0.15, 0.2) is 24.5 Å². The summed E-state index contributed by atoms with van der Waals surface area (Å²) in [6.45, 7) is 0. The van der Waals surface area contributed by atoms with Crippen LogP contribution in [0.25, 0.3) is 22.2 Å². The van der Waals surface area contributed by atoms with Gasteiger partial charge in [-0.25, -0.2) is 9.37 Å². The van der Waals surface area contributed by atoms with E-state index < -0.39 is 12.1 Å². The smallest absolute Gasteiger partial charge is 0.244 e. The first kappa shape index (κ1) is 16.2. The Morgan fingerprint density at radius 3 is 2.85 bits per heavy atom. The number of rotatable bonds is 5. The van der Waals surface area contributed by atoms with E-state index in [2.05, 4.69) is 25.5 Å². The number of methoxy groups -OCH3 is 2. The molecule has 0 spiro atoms. The largest absolute Gasteiger partial charge is 0.494 e. The number of alkyl halides is 1. The summed E-state index contributed by atoms with van der Waals surface area (Å²) in [7, 11) is 3.04. The van der Waals surface area contributed by atoms with Crippen molar-refractivity contribution in [3.63, 3.8) is 0 Å². The van der Waals surface area contributed by atoms with E-state index in [4.69, 9.17) is 9.47 Å². The Balaban J connectivity index is 1.72. The summed E-state index contributed by atoms with van der Waals surface area (Å²) >= 11 is 0. The van der Waals surface area contributed by atoms with Gasteiger partial charge < -0.3 is 19.8 Å². The zero-order valence-electron chi connectivity index (χ0n) is 14.1. The second-order valence-electron chi connectivity index (χ2n) is 5.94. The van der Waals surface area contributed by atoms with Crippen molar-refractivity contribution in [2.24, 2.45) is 5.92 Å². The van der Waals surface area contributed by atoms with Crippen LogP contribution >= 0.6 is 0 Å². The monoisotopic (exact) mass is 357 g/mol. The van der Waals surface area contributed by atoms with Gasteiger partial charge in [-0.3, -0.25) is 4.79 Å². The first-order valence-electron chi connectivity index (χ1n) is 7.99. The molecule has 0 aliphatic heterocycles. The van der Waals surface area contributed by atoms with Crippen LogP contribution in [0.5, 0.6) is 11.6 Å². The topological polar surface area (TPSA) is 102 Å². The van der Waals surface area contributed by atoms with Crippen molar-refractivity contribution in [2.75, 3.05) is 19.5 Å². The van der Waals surface area contributed by atoms with Crippen LogP contribution in [0.3, 0.4) is 0 Å². The maximum atomic E-state index is 13.0. The first-order chi connectivity index (χ1) is 12.6. The van der Waals surface area contributed by atoms with Gasteiger partial charge in [-0.1, -0.05) is 0 Å². The van der Waals surface area contributed by atoms with E-state index >= 15 is 0 Å². The fourth-order valence-corrected chi connectivity index (χ4v) is 2.83. The molecule has 134 valence electrons.